The number of nitrogens with zero attached hydrogens (tertiary/aromatic N) is 2. The standard InChI is InChI=1S/C20H24N2O4S/c1-15-5-11-19(12-6-15)27(24,25)22-14-4-13-21(16(2)23)20(22)17-7-9-18(26-3)10-8-17/h5-12,20H,4,13-14H2,1-3H3/t20-/m1/s1. The lowest BCUT2D eigenvalue weighted by atomic mass is 10.1. The summed E-state index contributed by atoms with van der Waals surface area (Å²) in [7, 11) is -2.17. The summed E-state index contributed by atoms with van der Waals surface area (Å²) in [5.74, 6) is 0.525. The van der Waals surface area contributed by atoms with Gasteiger partial charge >= 0.3 is 0 Å². The molecule has 1 heterocycles. The molecule has 1 fully saturated rings. The Bertz CT molecular complexity index is 908. The van der Waals surface area contributed by atoms with Gasteiger partial charge in [0.2, 0.25) is 15.9 Å². The van der Waals surface area contributed by atoms with Gasteiger partial charge in [0.05, 0.1) is 12.0 Å². The van der Waals surface area contributed by atoms with Crippen LogP contribution in [0, 0.1) is 6.92 Å². The summed E-state index contributed by atoms with van der Waals surface area (Å²) in [5, 5.41) is 0. The number of sulfonamides is 1. The van der Waals surface area contributed by atoms with Gasteiger partial charge in [-0.05, 0) is 43.2 Å². The van der Waals surface area contributed by atoms with Crippen LogP contribution >= 0.6 is 0 Å². The number of carbonyl (C=O) groups is 1. The van der Waals surface area contributed by atoms with Gasteiger partial charge in [-0.25, -0.2) is 8.42 Å². The van der Waals surface area contributed by atoms with E-state index in [0.717, 1.165) is 11.1 Å². The fraction of sp³-hybridized carbons (Fsp3) is 0.350. The van der Waals surface area contributed by atoms with Gasteiger partial charge in [-0.3, -0.25) is 4.79 Å². The summed E-state index contributed by atoms with van der Waals surface area (Å²) in [4.78, 5) is 14.1. The molecule has 3 rings (SSSR count). The molecule has 6 nitrogen and oxygen atoms in total. The fourth-order valence-corrected chi connectivity index (χ4v) is 4.96. The Labute approximate surface area is 160 Å². The van der Waals surface area contributed by atoms with E-state index in [1.165, 1.54) is 11.2 Å². The maximum Gasteiger partial charge on any atom is 0.245 e. The minimum absolute atomic E-state index is 0.153. The van der Waals surface area contributed by atoms with Gasteiger partial charge in [-0.2, -0.15) is 4.31 Å². The van der Waals surface area contributed by atoms with Crippen LogP contribution in [0.2, 0.25) is 0 Å². The molecule has 1 amide bonds. The Kier molecular flexibility index (Phi) is 5.53. The molecule has 1 atom stereocenters. The average Bonchev–Trinajstić information content (AvgIpc) is 2.67. The molecule has 0 spiro atoms. The van der Waals surface area contributed by atoms with E-state index in [2.05, 4.69) is 0 Å². The first kappa shape index (κ1) is 19.4. The van der Waals surface area contributed by atoms with Crippen molar-refractivity contribution in [2.75, 3.05) is 20.2 Å². The molecule has 0 N–H and O–H groups in total. The molecule has 2 aromatic carbocycles. The van der Waals surface area contributed by atoms with Crippen molar-refractivity contribution < 1.29 is 17.9 Å². The van der Waals surface area contributed by atoms with Crippen LogP contribution in [-0.4, -0.2) is 43.7 Å². The number of methoxy groups -OCH3 is 1. The molecule has 144 valence electrons. The van der Waals surface area contributed by atoms with Crippen LogP contribution in [0.5, 0.6) is 5.75 Å². The van der Waals surface area contributed by atoms with E-state index in [1.807, 2.05) is 19.1 Å². The summed E-state index contributed by atoms with van der Waals surface area (Å²) in [6.45, 7) is 4.26. The maximum atomic E-state index is 13.3. The molecule has 0 aliphatic carbocycles. The lowest BCUT2D eigenvalue weighted by Gasteiger charge is -2.42. The Morgan fingerprint density at radius 3 is 2.22 bits per heavy atom. The smallest absolute Gasteiger partial charge is 0.245 e. The lowest BCUT2D eigenvalue weighted by molar-refractivity contribution is -0.135. The van der Waals surface area contributed by atoms with Crippen molar-refractivity contribution >= 4 is 15.9 Å². The van der Waals surface area contributed by atoms with E-state index in [9.17, 15) is 13.2 Å². The van der Waals surface area contributed by atoms with Crippen LogP contribution in [0.25, 0.3) is 0 Å². The molecule has 27 heavy (non-hydrogen) atoms. The highest BCUT2D eigenvalue weighted by atomic mass is 32.2. The van der Waals surface area contributed by atoms with E-state index in [0.29, 0.717) is 25.3 Å². The van der Waals surface area contributed by atoms with E-state index in [-0.39, 0.29) is 10.8 Å². The SMILES string of the molecule is COc1ccc([C@@H]2N(C(C)=O)CCCN2S(=O)(=O)c2ccc(C)cc2)cc1. The Balaban J connectivity index is 2.07. The van der Waals surface area contributed by atoms with Crippen LogP contribution in [-0.2, 0) is 14.8 Å². The Morgan fingerprint density at radius 1 is 1.04 bits per heavy atom. The number of rotatable bonds is 4. The molecule has 0 saturated carbocycles. The van der Waals surface area contributed by atoms with Crippen molar-refractivity contribution in [3.05, 3.63) is 59.7 Å². The van der Waals surface area contributed by atoms with Gasteiger partial charge < -0.3 is 9.64 Å². The minimum atomic E-state index is -3.75. The highest BCUT2D eigenvalue weighted by molar-refractivity contribution is 7.89. The fourth-order valence-electron chi connectivity index (χ4n) is 3.35. The molecule has 1 aliphatic rings. The molecule has 2 aromatic rings. The Morgan fingerprint density at radius 2 is 1.67 bits per heavy atom. The molecule has 0 aromatic heterocycles. The third-order valence-electron chi connectivity index (χ3n) is 4.79. The van der Waals surface area contributed by atoms with E-state index in [4.69, 9.17) is 4.74 Å². The first-order valence-electron chi connectivity index (χ1n) is 8.84. The number of aryl methyl sites for hydroxylation is 1. The summed E-state index contributed by atoms with van der Waals surface area (Å²) in [6.07, 6.45) is -0.0782. The summed E-state index contributed by atoms with van der Waals surface area (Å²) in [5.41, 5.74) is 1.73. The largest absolute Gasteiger partial charge is 0.497 e. The van der Waals surface area contributed by atoms with Gasteiger partial charge in [0, 0.05) is 20.0 Å². The van der Waals surface area contributed by atoms with Crippen LogP contribution in [0.4, 0.5) is 0 Å². The van der Waals surface area contributed by atoms with Crippen molar-refractivity contribution in [3.63, 3.8) is 0 Å². The highest BCUT2D eigenvalue weighted by Gasteiger charge is 2.39. The molecular formula is C20H24N2O4S. The molecule has 7 heteroatoms. The number of hydrogen-bond acceptors (Lipinski definition) is 4. The van der Waals surface area contributed by atoms with Crippen molar-refractivity contribution in [2.24, 2.45) is 0 Å². The number of carbonyl (C=O) groups excluding carboxylic acids is 1. The van der Waals surface area contributed by atoms with Gasteiger partial charge in [0.25, 0.3) is 0 Å². The summed E-state index contributed by atoms with van der Waals surface area (Å²) >= 11 is 0. The molecule has 1 saturated heterocycles. The predicted molar refractivity (Wildman–Crippen MR) is 103 cm³/mol. The summed E-state index contributed by atoms with van der Waals surface area (Å²) < 4.78 is 33.3. The molecule has 0 radical (unpaired) electrons. The van der Waals surface area contributed by atoms with Crippen molar-refractivity contribution in [2.45, 2.75) is 31.3 Å². The molecular weight excluding hydrogens is 364 g/mol. The Hall–Kier alpha value is -2.38. The topological polar surface area (TPSA) is 66.9 Å². The monoisotopic (exact) mass is 388 g/mol. The minimum Gasteiger partial charge on any atom is -0.497 e. The van der Waals surface area contributed by atoms with Gasteiger partial charge in [-0.1, -0.05) is 29.8 Å². The second kappa shape index (κ2) is 7.70. The first-order chi connectivity index (χ1) is 12.8. The van der Waals surface area contributed by atoms with Crippen LogP contribution in [0.1, 0.15) is 30.6 Å². The molecule has 0 bridgehead atoms. The quantitative estimate of drug-likeness (QED) is 0.808. The predicted octanol–water partition coefficient (Wildman–Crippen LogP) is 2.95. The normalized spacial score (nSPS) is 18.3. The maximum absolute atomic E-state index is 13.3. The van der Waals surface area contributed by atoms with Crippen molar-refractivity contribution in [1.29, 1.82) is 0 Å². The van der Waals surface area contributed by atoms with E-state index >= 15 is 0 Å². The zero-order valence-electron chi connectivity index (χ0n) is 15.8. The van der Waals surface area contributed by atoms with Crippen LogP contribution in [0.3, 0.4) is 0 Å². The number of hydrogen-bond donors (Lipinski definition) is 0. The average molecular weight is 388 g/mol. The number of amides is 1. The molecule has 0 unspecified atom stereocenters. The lowest BCUT2D eigenvalue weighted by Crippen LogP contribution is -2.51. The van der Waals surface area contributed by atoms with Crippen molar-refractivity contribution in [3.8, 4) is 5.75 Å². The first-order valence-corrected chi connectivity index (χ1v) is 10.3. The zero-order valence-corrected chi connectivity index (χ0v) is 16.6. The molecule has 1 aliphatic heterocycles. The zero-order chi connectivity index (χ0) is 19.6. The van der Waals surface area contributed by atoms with Gasteiger partial charge in [0.1, 0.15) is 11.9 Å². The van der Waals surface area contributed by atoms with Crippen LogP contribution in [0.15, 0.2) is 53.4 Å². The third-order valence-corrected chi connectivity index (χ3v) is 6.66. The third kappa shape index (κ3) is 3.84. The highest BCUT2D eigenvalue weighted by Crippen LogP contribution is 2.35. The second-order valence-electron chi connectivity index (χ2n) is 6.64. The van der Waals surface area contributed by atoms with Gasteiger partial charge in [0.15, 0.2) is 0 Å². The summed E-state index contributed by atoms with van der Waals surface area (Å²) in [6, 6.07) is 14.0. The number of ether oxygens (including phenoxy) is 1. The number of benzene rings is 2. The van der Waals surface area contributed by atoms with Crippen molar-refractivity contribution in [1.82, 2.24) is 9.21 Å². The van der Waals surface area contributed by atoms with E-state index in [1.54, 1.807) is 48.4 Å². The second-order valence-corrected chi connectivity index (χ2v) is 8.53. The van der Waals surface area contributed by atoms with Crippen LogP contribution < -0.4 is 4.74 Å². The van der Waals surface area contributed by atoms with E-state index < -0.39 is 16.2 Å². The van der Waals surface area contributed by atoms with Gasteiger partial charge in [-0.15, -0.1) is 0 Å².